The van der Waals surface area contributed by atoms with Crippen LogP contribution in [0.2, 0.25) is 0 Å². The van der Waals surface area contributed by atoms with Crippen LogP contribution in [0.4, 0.5) is 17.5 Å². The first-order chi connectivity index (χ1) is 12.0. The van der Waals surface area contributed by atoms with Gasteiger partial charge in [-0.25, -0.2) is 9.97 Å². The SMILES string of the molecule is Cc1cnc(Nc2cc(C)n(C)n2)nc1-c1c[nH]c2c(N)cccc12. The Kier molecular flexibility index (Phi) is 3.42. The molecule has 4 aromatic rings. The molecule has 0 fully saturated rings. The first-order valence-electron chi connectivity index (χ1n) is 8.00. The van der Waals surface area contributed by atoms with E-state index < -0.39 is 0 Å². The number of nitrogen functional groups attached to an aromatic ring is 1. The number of aromatic nitrogens is 5. The van der Waals surface area contributed by atoms with Crippen LogP contribution in [0.3, 0.4) is 0 Å². The van der Waals surface area contributed by atoms with Crippen LogP contribution in [0.25, 0.3) is 22.2 Å². The predicted octanol–water partition coefficient (Wildman–Crippen LogP) is 3.30. The van der Waals surface area contributed by atoms with Gasteiger partial charge in [0.15, 0.2) is 5.82 Å². The van der Waals surface area contributed by atoms with Gasteiger partial charge in [-0.3, -0.25) is 4.68 Å². The van der Waals surface area contributed by atoms with Crippen LogP contribution < -0.4 is 11.1 Å². The first-order valence-corrected chi connectivity index (χ1v) is 8.00. The molecule has 3 heterocycles. The molecule has 126 valence electrons. The minimum Gasteiger partial charge on any atom is -0.397 e. The van der Waals surface area contributed by atoms with Crippen molar-refractivity contribution in [2.24, 2.45) is 7.05 Å². The zero-order valence-electron chi connectivity index (χ0n) is 14.3. The summed E-state index contributed by atoms with van der Waals surface area (Å²) in [6, 6.07) is 7.82. The zero-order valence-corrected chi connectivity index (χ0v) is 14.3. The van der Waals surface area contributed by atoms with Crippen LogP contribution in [0, 0.1) is 13.8 Å². The second kappa shape index (κ2) is 5.62. The van der Waals surface area contributed by atoms with Crippen LogP contribution in [-0.2, 0) is 7.05 Å². The highest BCUT2D eigenvalue weighted by molar-refractivity contribution is 6.00. The van der Waals surface area contributed by atoms with E-state index in [2.05, 4.69) is 20.4 Å². The molecule has 0 aliphatic rings. The minimum atomic E-state index is 0.511. The molecule has 0 radical (unpaired) electrons. The number of hydrogen-bond donors (Lipinski definition) is 3. The van der Waals surface area contributed by atoms with Crippen LogP contribution >= 0.6 is 0 Å². The topological polar surface area (TPSA) is 97.4 Å². The fourth-order valence-electron chi connectivity index (χ4n) is 2.88. The molecule has 7 nitrogen and oxygen atoms in total. The lowest BCUT2D eigenvalue weighted by Crippen LogP contribution is -2.01. The van der Waals surface area contributed by atoms with E-state index in [1.807, 2.05) is 57.6 Å². The van der Waals surface area contributed by atoms with E-state index in [1.54, 1.807) is 4.68 Å². The Morgan fingerprint density at radius 2 is 2.08 bits per heavy atom. The van der Waals surface area contributed by atoms with Crippen LogP contribution in [-0.4, -0.2) is 24.7 Å². The van der Waals surface area contributed by atoms with Crippen LogP contribution in [0.5, 0.6) is 0 Å². The molecule has 0 aliphatic heterocycles. The van der Waals surface area contributed by atoms with Gasteiger partial charge in [0.1, 0.15) is 0 Å². The van der Waals surface area contributed by atoms with E-state index in [0.29, 0.717) is 5.95 Å². The number of nitrogens with two attached hydrogens (primary N) is 1. The predicted molar refractivity (Wildman–Crippen MR) is 99.7 cm³/mol. The molecule has 0 bridgehead atoms. The molecule has 4 rings (SSSR count). The largest absolute Gasteiger partial charge is 0.397 e. The molecule has 0 saturated heterocycles. The molecular weight excluding hydrogens is 314 g/mol. The summed E-state index contributed by atoms with van der Waals surface area (Å²) in [6.07, 6.45) is 3.75. The highest BCUT2D eigenvalue weighted by atomic mass is 15.3. The molecule has 0 saturated carbocycles. The highest BCUT2D eigenvalue weighted by Gasteiger charge is 2.13. The van der Waals surface area contributed by atoms with Crippen molar-refractivity contribution in [1.29, 1.82) is 0 Å². The molecule has 0 amide bonds. The number of benzene rings is 1. The fraction of sp³-hybridized carbons (Fsp3) is 0.167. The molecule has 25 heavy (non-hydrogen) atoms. The number of nitrogens with one attached hydrogen (secondary N) is 2. The van der Waals surface area contributed by atoms with E-state index >= 15 is 0 Å². The number of aryl methyl sites for hydroxylation is 3. The summed E-state index contributed by atoms with van der Waals surface area (Å²) >= 11 is 0. The Hall–Kier alpha value is -3.35. The second-order valence-corrected chi connectivity index (χ2v) is 6.12. The zero-order chi connectivity index (χ0) is 17.6. The average Bonchev–Trinajstić information content (AvgIpc) is 3.14. The first kappa shape index (κ1) is 15.2. The Labute approximate surface area is 144 Å². The Morgan fingerprint density at radius 3 is 2.84 bits per heavy atom. The summed E-state index contributed by atoms with van der Waals surface area (Å²) in [5.41, 5.74) is 11.6. The molecule has 0 unspecified atom stereocenters. The Balaban J connectivity index is 1.78. The van der Waals surface area contributed by atoms with E-state index in [-0.39, 0.29) is 0 Å². The number of anilines is 3. The van der Waals surface area contributed by atoms with Gasteiger partial charge in [-0.05, 0) is 25.5 Å². The number of fused-ring (bicyclic) bond motifs is 1. The summed E-state index contributed by atoms with van der Waals surface area (Å²) < 4.78 is 1.81. The van der Waals surface area contributed by atoms with Gasteiger partial charge in [0.05, 0.1) is 16.9 Å². The van der Waals surface area contributed by atoms with Gasteiger partial charge in [0.2, 0.25) is 5.95 Å². The van der Waals surface area contributed by atoms with Crippen molar-refractivity contribution in [3.8, 4) is 11.3 Å². The summed E-state index contributed by atoms with van der Waals surface area (Å²) in [4.78, 5) is 12.3. The van der Waals surface area contributed by atoms with Gasteiger partial charge in [-0.15, -0.1) is 0 Å². The fourth-order valence-corrected chi connectivity index (χ4v) is 2.88. The Bertz CT molecular complexity index is 1050. The second-order valence-electron chi connectivity index (χ2n) is 6.12. The average molecular weight is 333 g/mol. The number of aromatic amines is 1. The maximum Gasteiger partial charge on any atom is 0.228 e. The van der Waals surface area contributed by atoms with Crippen molar-refractivity contribution in [2.45, 2.75) is 13.8 Å². The van der Waals surface area contributed by atoms with Crippen molar-refractivity contribution in [3.05, 3.63) is 47.9 Å². The number of rotatable bonds is 3. The third-order valence-electron chi connectivity index (χ3n) is 4.33. The molecule has 3 aromatic heterocycles. The van der Waals surface area contributed by atoms with Crippen molar-refractivity contribution in [2.75, 3.05) is 11.1 Å². The molecule has 4 N–H and O–H groups in total. The maximum absolute atomic E-state index is 6.05. The standard InChI is InChI=1S/C18H19N7/c1-10-8-21-18(22-15-7-11(2)25(3)24-15)23-16(10)13-9-20-17-12(13)5-4-6-14(17)19/h4-9,20H,19H2,1-3H3,(H,21,22,23,24). The van der Waals surface area contributed by atoms with Crippen molar-refractivity contribution in [1.82, 2.24) is 24.7 Å². The maximum atomic E-state index is 6.05. The minimum absolute atomic E-state index is 0.511. The van der Waals surface area contributed by atoms with Gasteiger partial charge in [0, 0.05) is 42.2 Å². The monoisotopic (exact) mass is 333 g/mol. The smallest absolute Gasteiger partial charge is 0.228 e. The highest BCUT2D eigenvalue weighted by Crippen LogP contribution is 2.32. The quantitative estimate of drug-likeness (QED) is 0.500. The lowest BCUT2D eigenvalue weighted by atomic mass is 10.1. The van der Waals surface area contributed by atoms with Crippen LogP contribution in [0.1, 0.15) is 11.3 Å². The number of hydrogen-bond acceptors (Lipinski definition) is 5. The number of nitrogens with zero attached hydrogens (tertiary/aromatic N) is 4. The van der Waals surface area contributed by atoms with Gasteiger partial charge >= 0.3 is 0 Å². The van der Waals surface area contributed by atoms with Gasteiger partial charge in [0.25, 0.3) is 0 Å². The van der Waals surface area contributed by atoms with E-state index in [0.717, 1.165) is 44.9 Å². The van der Waals surface area contributed by atoms with Crippen LogP contribution in [0.15, 0.2) is 36.7 Å². The van der Waals surface area contributed by atoms with E-state index in [1.165, 1.54) is 0 Å². The Morgan fingerprint density at radius 1 is 1.24 bits per heavy atom. The molecule has 7 heteroatoms. The van der Waals surface area contributed by atoms with Crippen molar-refractivity contribution in [3.63, 3.8) is 0 Å². The number of H-pyrrole nitrogens is 1. The lowest BCUT2D eigenvalue weighted by Gasteiger charge is -2.07. The summed E-state index contributed by atoms with van der Waals surface area (Å²) in [6.45, 7) is 3.99. The molecule has 0 spiro atoms. The molecule has 0 atom stereocenters. The molecular formula is C18H19N7. The van der Waals surface area contributed by atoms with Gasteiger partial charge in [-0.2, -0.15) is 5.10 Å². The van der Waals surface area contributed by atoms with E-state index in [4.69, 9.17) is 10.7 Å². The van der Waals surface area contributed by atoms with Crippen molar-refractivity contribution < 1.29 is 0 Å². The third-order valence-corrected chi connectivity index (χ3v) is 4.33. The summed E-state index contributed by atoms with van der Waals surface area (Å²) in [5.74, 6) is 1.23. The lowest BCUT2D eigenvalue weighted by molar-refractivity contribution is 0.742. The van der Waals surface area contributed by atoms with E-state index in [9.17, 15) is 0 Å². The third kappa shape index (κ3) is 2.59. The normalized spacial score (nSPS) is 11.2. The summed E-state index contributed by atoms with van der Waals surface area (Å²) in [7, 11) is 1.90. The van der Waals surface area contributed by atoms with Gasteiger partial charge in [-0.1, -0.05) is 12.1 Å². The van der Waals surface area contributed by atoms with Crippen molar-refractivity contribution >= 4 is 28.4 Å². The summed E-state index contributed by atoms with van der Waals surface area (Å²) in [5, 5.41) is 8.59. The van der Waals surface area contributed by atoms with Gasteiger partial charge < -0.3 is 16.0 Å². The number of para-hydroxylation sites is 1. The molecule has 1 aromatic carbocycles. The molecule has 0 aliphatic carbocycles.